The van der Waals surface area contributed by atoms with Crippen molar-refractivity contribution in [2.75, 3.05) is 58.9 Å². The Bertz CT molecular complexity index is 2080. The maximum atomic E-state index is 14.2. The van der Waals surface area contributed by atoms with Crippen molar-refractivity contribution < 1.29 is 48.3 Å². The number of aromatic hydroxyl groups is 1. The maximum absolute atomic E-state index is 14.2. The molecular weight excluding hydrogens is 965 g/mol. The minimum atomic E-state index is -1.46. The fourth-order valence-corrected chi connectivity index (χ4v) is 7.56. The normalized spacial score (nSPS) is 21.1. The van der Waals surface area contributed by atoms with Crippen molar-refractivity contribution in [2.24, 2.45) is 56.0 Å². The molecule has 10 amide bonds. The van der Waals surface area contributed by atoms with E-state index in [1.807, 2.05) is 13.8 Å². The van der Waals surface area contributed by atoms with Crippen molar-refractivity contribution in [3.8, 4) is 5.75 Å². The van der Waals surface area contributed by atoms with Crippen LogP contribution in [0.3, 0.4) is 0 Å². The minimum Gasteiger partial charge on any atom is -0.508 e. The Kier molecular flexibility index (Phi) is 28.2. The van der Waals surface area contributed by atoms with Gasteiger partial charge in [-0.1, -0.05) is 39.3 Å². The van der Waals surface area contributed by atoms with Crippen molar-refractivity contribution in [3.63, 3.8) is 0 Å². The molecule has 1 fully saturated rings. The van der Waals surface area contributed by atoms with Crippen molar-refractivity contribution in [2.45, 2.75) is 121 Å². The summed E-state index contributed by atoms with van der Waals surface area (Å²) in [6.45, 7) is 3.68. The number of carbonyl (C=O) groups excluding carboxylic acids is 9. The van der Waals surface area contributed by atoms with Gasteiger partial charge in [-0.2, -0.15) is 0 Å². The van der Waals surface area contributed by atoms with Crippen LogP contribution in [0.5, 0.6) is 5.75 Å². The molecule has 0 aliphatic carbocycles. The second-order valence-electron chi connectivity index (χ2n) is 18.3. The Morgan fingerprint density at radius 2 is 1.26 bits per heavy atom. The molecule has 0 spiro atoms. The summed E-state index contributed by atoms with van der Waals surface area (Å²) in [5, 5.41) is 28.4. The summed E-state index contributed by atoms with van der Waals surface area (Å²) in [5.41, 5.74) is 40.2. The van der Waals surface area contributed by atoms with Crippen LogP contribution in [-0.2, 0) is 44.8 Å². The van der Waals surface area contributed by atoms with Crippen LogP contribution in [-0.4, -0.2) is 175 Å². The quantitative estimate of drug-likeness (QED) is 0.0350. The number of hydrogen-bond donors (Lipinski definition) is 15. The van der Waals surface area contributed by atoms with E-state index in [1.54, 1.807) is 6.92 Å². The topological polar surface area (TPSA) is 471 Å². The number of phenols is 1. The Hall–Kier alpha value is -7.49. The van der Waals surface area contributed by atoms with Gasteiger partial charge in [0.2, 0.25) is 47.3 Å². The Labute approximate surface area is 431 Å². The third-order valence-corrected chi connectivity index (χ3v) is 11.5. The summed E-state index contributed by atoms with van der Waals surface area (Å²) in [7, 11) is 0. The molecule has 28 nitrogen and oxygen atoms in total. The zero-order valence-electron chi connectivity index (χ0n) is 42.7. The van der Waals surface area contributed by atoms with Crippen LogP contribution in [0, 0.1) is 5.92 Å². The van der Waals surface area contributed by atoms with Gasteiger partial charge in [-0.15, -0.1) is 0 Å². The highest BCUT2D eigenvalue weighted by atomic mass is 16.3. The van der Waals surface area contributed by atoms with Gasteiger partial charge < -0.3 is 92.3 Å². The lowest BCUT2D eigenvalue weighted by Crippen LogP contribution is -2.61. The molecular formula is C46H80N18O10. The molecule has 1 aliphatic rings. The van der Waals surface area contributed by atoms with Gasteiger partial charge in [0.1, 0.15) is 36.0 Å². The molecule has 0 saturated carbocycles. The van der Waals surface area contributed by atoms with Crippen LogP contribution in [0.25, 0.3) is 0 Å². The molecule has 1 heterocycles. The van der Waals surface area contributed by atoms with Gasteiger partial charge in [0.25, 0.3) is 0 Å². The number of amides is 10. The molecule has 0 radical (unpaired) electrons. The fraction of sp³-hybridized carbons (Fsp3) is 0.630. The lowest BCUT2D eigenvalue weighted by Gasteiger charge is -2.29. The van der Waals surface area contributed by atoms with E-state index in [9.17, 15) is 48.3 Å². The molecule has 2 rings (SSSR count). The standard InChI is InChI=1S/C46H80N18O10/c1-4-8-31-38(68)61-34(23-28-12-14-29(65)15-13-28)40(70)62-35(24-47)41(71)60-33(16-11-27(2)3)43(73)64(25-36(49)66)22-20-57-46(74)56-19-7-21-63(42(72)30(48)9-5-17-54-44(50)51)26-37(67)58-32(39(69)59-31)10-6-18-55-45(52)53/h12-15,27,30-35,65H,4-11,16-26,47-48H2,1-3H3,(H2,49,66)(H,58,67)(H,59,69)(H,60,71)(H,61,68)(H,62,70)(H4,50,51,54)(H4,52,53,55)(H2,56,57,74)/t30-,31-,32-,33-,34-,35-/m0/s1. The maximum Gasteiger partial charge on any atom is 0.314 e. The molecule has 414 valence electrons. The monoisotopic (exact) mass is 1040 g/mol. The van der Waals surface area contributed by atoms with Crippen LogP contribution in [0.4, 0.5) is 4.79 Å². The van der Waals surface area contributed by atoms with Gasteiger partial charge >= 0.3 is 6.03 Å². The Morgan fingerprint density at radius 3 is 1.85 bits per heavy atom. The smallest absolute Gasteiger partial charge is 0.314 e. The lowest BCUT2D eigenvalue weighted by atomic mass is 10.0. The number of guanidine groups is 2. The summed E-state index contributed by atoms with van der Waals surface area (Å²) in [6, 6.07) is -2.71. The summed E-state index contributed by atoms with van der Waals surface area (Å²) in [5.74, 6) is -6.69. The third kappa shape index (κ3) is 24.3. The third-order valence-electron chi connectivity index (χ3n) is 11.5. The number of benzene rings is 1. The minimum absolute atomic E-state index is 0.0183. The van der Waals surface area contributed by atoms with Gasteiger partial charge in [0.15, 0.2) is 11.9 Å². The Balaban J connectivity index is 2.68. The van der Waals surface area contributed by atoms with E-state index in [-0.39, 0.29) is 108 Å². The lowest BCUT2D eigenvalue weighted by molar-refractivity contribution is -0.139. The van der Waals surface area contributed by atoms with Crippen LogP contribution in [0.2, 0.25) is 0 Å². The van der Waals surface area contributed by atoms with Crippen LogP contribution >= 0.6 is 0 Å². The molecule has 1 aliphatic heterocycles. The molecule has 0 unspecified atom stereocenters. The number of primary amides is 1. The highest BCUT2D eigenvalue weighted by Gasteiger charge is 2.34. The molecule has 1 aromatic rings. The number of aliphatic imine (C=N–C) groups is 2. The van der Waals surface area contributed by atoms with Crippen molar-refractivity contribution in [1.29, 1.82) is 0 Å². The second-order valence-corrected chi connectivity index (χ2v) is 18.3. The van der Waals surface area contributed by atoms with Gasteiger partial charge in [0, 0.05) is 52.2 Å². The number of nitrogens with one attached hydrogen (secondary N) is 7. The van der Waals surface area contributed by atoms with E-state index in [0.29, 0.717) is 24.8 Å². The predicted octanol–water partition coefficient (Wildman–Crippen LogP) is -5.17. The van der Waals surface area contributed by atoms with Gasteiger partial charge in [0.05, 0.1) is 19.1 Å². The molecule has 6 atom stereocenters. The first kappa shape index (κ1) is 62.6. The van der Waals surface area contributed by atoms with Gasteiger partial charge in [-0.25, -0.2) is 4.79 Å². The highest BCUT2D eigenvalue weighted by molar-refractivity contribution is 5.97. The molecule has 0 aromatic heterocycles. The van der Waals surface area contributed by atoms with Crippen molar-refractivity contribution >= 4 is 65.2 Å². The highest BCUT2D eigenvalue weighted by Crippen LogP contribution is 2.14. The van der Waals surface area contributed by atoms with Gasteiger partial charge in [-0.05, 0) is 75.0 Å². The molecule has 1 saturated heterocycles. The summed E-state index contributed by atoms with van der Waals surface area (Å²) in [6.07, 6.45) is 1.49. The number of carbonyl (C=O) groups is 9. The molecule has 22 N–H and O–H groups in total. The van der Waals surface area contributed by atoms with Crippen molar-refractivity contribution in [3.05, 3.63) is 29.8 Å². The number of hydrogen-bond acceptors (Lipinski definition) is 14. The van der Waals surface area contributed by atoms with E-state index in [0.717, 1.165) is 4.90 Å². The predicted molar refractivity (Wildman–Crippen MR) is 276 cm³/mol. The number of nitrogens with zero attached hydrogens (tertiary/aromatic N) is 4. The van der Waals surface area contributed by atoms with E-state index < -0.39 is 109 Å². The first-order chi connectivity index (χ1) is 35.0. The largest absolute Gasteiger partial charge is 0.508 e. The van der Waals surface area contributed by atoms with E-state index in [4.69, 9.17) is 40.1 Å². The van der Waals surface area contributed by atoms with Crippen LogP contribution in [0.15, 0.2) is 34.3 Å². The molecule has 74 heavy (non-hydrogen) atoms. The number of rotatable bonds is 19. The summed E-state index contributed by atoms with van der Waals surface area (Å²) in [4.78, 5) is 134. The first-order valence-electron chi connectivity index (χ1n) is 24.8. The van der Waals surface area contributed by atoms with E-state index in [2.05, 4.69) is 47.2 Å². The number of urea groups is 1. The second kappa shape index (κ2) is 33.3. The number of phenolic OH excluding ortho intramolecular Hbond substituents is 1. The molecule has 28 heteroatoms. The first-order valence-corrected chi connectivity index (χ1v) is 24.8. The van der Waals surface area contributed by atoms with Gasteiger partial charge in [-0.3, -0.25) is 48.3 Å². The fourth-order valence-electron chi connectivity index (χ4n) is 7.56. The average Bonchev–Trinajstić information content (AvgIpc) is 3.33. The van der Waals surface area contributed by atoms with Crippen LogP contribution in [0.1, 0.15) is 84.1 Å². The van der Waals surface area contributed by atoms with E-state index in [1.165, 1.54) is 29.2 Å². The SMILES string of the molecule is CCC[C@@H]1NC(=O)[C@H](CCCN=C(N)N)NC(=O)CN(C(=O)[C@@H](N)CCCN=C(N)N)CCCNC(=O)NCCN(CC(N)=O)C(=O)[C@H](CCC(C)C)NC(=O)[C@H](CN)NC(=O)[C@H](Cc2ccc(O)cc2)NC1=O. The van der Waals surface area contributed by atoms with Crippen LogP contribution < -0.4 is 77.4 Å². The van der Waals surface area contributed by atoms with Crippen molar-refractivity contribution in [1.82, 2.24) is 47.0 Å². The molecule has 1 aromatic carbocycles. The Morgan fingerprint density at radius 1 is 0.703 bits per heavy atom. The summed E-state index contributed by atoms with van der Waals surface area (Å²) < 4.78 is 0. The molecule has 0 bridgehead atoms. The summed E-state index contributed by atoms with van der Waals surface area (Å²) >= 11 is 0. The zero-order chi connectivity index (χ0) is 55.3. The van der Waals surface area contributed by atoms with E-state index >= 15 is 0 Å². The average molecular weight is 1050 g/mol. The zero-order valence-corrected chi connectivity index (χ0v) is 42.7. The number of nitrogens with two attached hydrogens (primary N) is 7.